The lowest BCUT2D eigenvalue weighted by molar-refractivity contribution is -0.00860. The highest BCUT2D eigenvalue weighted by atomic mass is 19.1. The summed E-state index contributed by atoms with van der Waals surface area (Å²) in [6.45, 7) is 6.44. The number of aliphatic hydroxyl groups is 1. The molecule has 2 saturated heterocycles. The molecule has 2 fully saturated rings. The number of anilines is 3. The van der Waals surface area contributed by atoms with Crippen molar-refractivity contribution in [3.63, 3.8) is 0 Å². The molecule has 202 valence electrons. The van der Waals surface area contributed by atoms with Crippen molar-refractivity contribution in [2.45, 2.75) is 57.1 Å². The molecule has 5 rings (SSSR count). The predicted molar refractivity (Wildman–Crippen MR) is 140 cm³/mol. The summed E-state index contributed by atoms with van der Waals surface area (Å²) in [4.78, 5) is 32.4. The van der Waals surface area contributed by atoms with Gasteiger partial charge in [-0.2, -0.15) is 4.98 Å². The molecule has 10 nitrogen and oxygen atoms in total. The number of hydrogen-bond acceptors (Lipinski definition) is 9. The van der Waals surface area contributed by atoms with Crippen LogP contribution in [0.1, 0.15) is 49.2 Å². The number of aromatic nitrogens is 4. The largest absolute Gasteiger partial charge is 0.390 e. The molecule has 0 radical (unpaired) electrons. The Hall–Kier alpha value is -3.51. The highest BCUT2D eigenvalue weighted by Gasteiger charge is 2.39. The summed E-state index contributed by atoms with van der Waals surface area (Å²) in [7, 11) is 0. The minimum absolute atomic E-state index is 0.0124. The second-order valence-electron chi connectivity index (χ2n) is 10.5. The topological polar surface area (TPSA) is 128 Å². The van der Waals surface area contributed by atoms with Gasteiger partial charge in [0, 0.05) is 43.6 Å². The van der Waals surface area contributed by atoms with E-state index < -0.39 is 29.9 Å². The van der Waals surface area contributed by atoms with E-state index in [9.17, 15) is 18.7 Å². The van der Waals surface area contributed by atoms with Crippen molar-refractivity contribution >= 4 is 34.3 Å². The second-order valence-corrected chi connectivity index (χ2v) is 10.5. The number of carbonyl (C=O) groups excluding carboxylic acids is 1. The van der Waals surface area contributed by atoms with Gasteiger partial charge in [-0.3, -0.25) is 9.78 Å². The van der Waals surface area contributed by atoms with Crippen LogP contribution in [-0.2, 0) is 0 Å². The molecule has 0 unspecified atom stereocenters. The molecule has 1 amide bonds. The van der Waals surface area contributed by atoms with Gasteiger partial charge < -0.3 is 26.0 Å². The van der Waals surface area contributed by atoms with Crippen molar-refractivity contribution in [1.82, 2.24) is 30.6 Å². The van der Waals surface area contributed by atoms with E-state index >= 15 is 0 Å². The summed E-state index contributed by atoms with van der Waals surface area (Å²) in [6.07, 6.45) is 2.94. The van der Waals surface area contributed by atoms with Crippen molar-refractivity contribution in [2.24, 2.45) is 0 Å². The Morgan fingerprint density at radius 2 is 2.03 bits per heavy atom. The maximum Gasteiger partial charge on any atom is 0.270 e. The van der Waals surface area contributed by atoms with Crippen molar-refractivity contribution in [2.75, 3.05) is 36.4 Å². The number of fused-ring (bicyclic) bond motifs is 1. The van der Waals surface area contributed by atoms with Gasteiger partial charge in [0.05, 0.1) is 18.7 Å². The number of halogens is 2. The summed E-state index contributed by atoms with van der Waals surface area (Å²) in [5.41, 5.74) is -0.630. The van der Waals surface area contributed by atoms with Gasteiger partial charge in [0.2, 0.25) is 5.95 Å². The van der Waals surface area contributed by atoms with E-state index in [4.69, 9.17) is 0 Å². The third kappa shape index (κ3) is 5.23. The zero-order valence-electron chi connectivity index (χ0n) is 21.6. The van der Waals surface area contributed by atoms with E-state index in [0.29, 0.717) is 36.1 Å². The van der Waals surface area contributed by atoms with Crippen molar-refractivity contribution < 1.29 is 18.7 Å². The Balaban J connectivity index is 1.42. The van der Waals surface area contributed by atoms with Crippen molar-refractivity contribution in [3.05, 3.63) is 42.0 Å². The van der Waals surface area contributed by atoms with E-state index in [-0.39, 0.29) is 31.1 Å². The molecule has 12 heteroatoms. The molecular weight excluding hydrogens is 494 g/mol. The SMILES string of the molecule is CC(C)c1cnc(C(=O)N[C@H]2CNC[C@@H]2F)c2cnc(Nc3ccnc(N4CC[C@@H](O)[C@@](C)(F)C4)n3)cc12. The number of rotatable bonds is 6. The number of amides is 1. The fourth-order valence-electron chi connectivity index (χ4n) is 4.90. The third-order valence-corrected chi connectivity index (χ3v) is 7.15. The minimum atomic E-state index is -1.75. The summed E-state index contributed by atoms with van der Waals surface area (Å²) in [5.74, 6) is 0.993. The number of nitrogens with zero attached hydrogens (tertiary/aromatic N) is 5. The first-order valence-electron chi connectivity index (χ1n) is 12.8. The van der Waals surface area contributed by atoms with Gasteiger partial charge in [-0.15, -0.1) is 0 Å². The average molecular weight is 527 g/mol. The zero-order chi connectivity index (χ0) is 27.0. The normalized spacial score (nSPS) is 25.7. The van der Waals surface area contributed by atoms with E-state index in [0.717, 1.165) is 10.9 Å². The molecule has 3 aromatic rings. The first-order valence-corrected chi connectivity index (χ1v) is 12.8. The quantitative estimate of drug-likeness (QED) is 0.383. The Morgan fingerprint density at radius 1 is 1.21 bits per heavy atom. The predicted octanol–water partition coefficient (Wildman–Crippen LogP) is 2.63. The fraction of sp³-hybridized carbons (Fsp3) is 0.500. The number of nitrogens with one attached hydrogen (secondary N) is 3. The standard InChI is InChI=1S/C26H32F2N8O2/c1-14(2)16-9-32-23(24(38)33-19-12-29-11-18(19)27)17-10-31-22(8-15(16)17)34-21-4-6-30-25(35-21)36-7-5-20(37)26(3,28)13-36/h4,6,8-10,14,18-20,29,37H,5,7,11-13H2,1-3H3,(H,33,38)(H,30,31,34,35)/t18-,19-,20+,26-/m0/s1. The van der Waals surface area contributed by atoms with Crippen LogP contribution in [0.25, 0.3) is 10.8 Å². The van der Waals surface area contributed by atoms with Crippen LogP contribution in [0.5, 0.6) is 0 Å². The Bertz CT molecular complexity index is 1340. The Labute approximate surface area is 219 Å². The lowest BCUT2D eigenvalue weighted by atomic mass is 9.94. The van der Waals surface area contributed by atoms with Crippen LogP contribution < -0.4 is 20.9 Å². The summed E-state index contributed by atoms with van der Waals surface area (Å²) < 4.78 is 28.7. The molecule has 2 aliphatic rings. The fourth-order valence-corrected chi connectivity index (χ4v) is 4.90. The number of alkyl halides is 2. The summed E-state index contributed by atoms with van der Waals surface area (Å²) in [6, 6.07) is 2.90. The molecule has 0 aromatic carbocycles. The van der Waals surface area contributed by atoms with Gasteiger partial charge >= 0.3 is 0 Å². The van der Waals surface area contributed by atoms with Crippen molar-refractivity contribution in [1.29, 1.82) is 0 Å². The number of carbonyl (C=O) groups is 1. The van der Waals surface area contributed by atoms with Crippen LogP contribution in [0.4, 0.5) is 26.4 Å². The lowest BCUT2D eigenvalue weighted by Crippen LogP contribution is -2.52. The van der Waals surface area contributed by atoms with Crippen LogP contribution in [0.15, 0.2) is 30.7 Å². The molecule has 2 aliphatic heterocycles. The maximum atomic E-state index is 14.7. The van der Waals surface area contributed by atoms with Gasteiger partial charge in [-0.05, 0) is 42.3 Å². The van der Waals surface area contributed by atoms with Gasteiger partial charge in [-0.25, -0.2) is 18.7 Å². The van der Waals surface area contributed by atoms with Crippen molar-refractivity contribution in [3.8, 4) is 0 Å². The van der Waals surface area contributed by atoms with Crippen LogP contribution in [0.3, 0.4) is 0 Å². The molecule has 0 saturated carbocycles. The molecule has 5 heterocycles. The molecule has 0 bridgehead atoms. The van der Waals surface area contributed by atoms with Crippen LogP contribution in [0, 0.1) is 0 Å². The lowest BCUT2D eigenvalue weighted by Gasteiger charge is -2.38. The molecule has 3 aromatic heterocycles. The monoisotopic (exact) mass is 526 g/mol. The number of piperidine rings is 1. The van der Waals surface area contributed by atoms with Gasteiger partial charge in [0.1, 0.15) is 23.5 Å². The summed E-state index contributed by atoms with van der Waals surface area (Å²) in [5, 5.41) is 20.1. The number of pyridine rings is 2. The highest BCUT2D eigenvalue weighted by molar-refractivity contribution is 6.06. The van der Waals surface area contributed by atoms with E-state index in [2.05, 4.69) is 35.9 Å². The Kier molecular flexibility index (Phi) is 7.10. The number of hydrogen-bond donors (Lipinski definition) is 4. The van der Waals surface area contributed by atoms with E-state index in [1.807, 2.05) is 19.9 Å². The van der Waals surface area contributed by atoms with Crippen LogP contribution in [0.2, 0.25) is 0 Å². The van der Waals surface area contributed by atoms with Crippen LogP contribution in [-0.4, -0.2) is 81.1 Å². The van der Waals surface area contributed by atoms with Crippen LogP contribution >= 0.6 is 0 Å². The first kappa shape index (κ1) is 26.1. The zero-order valence-corrected chi connectivity index (χ0v) is 21.6. The minimum Gasteiger partial charge on any atom is -0.390 e. The summed E-state index contributed by atoms with van der Waals surface area (Å²) >= 11 is 0. The first-order chi connectivity index (χ1) is 18.1. The second kappa shape index (κ2) is 10.3. The van der Waals surface area contributed by atoms with E-state index in [1.165, 1.54) is 6.92 Å². The molecule has 38 heavy (non-hydrogen) atoms. The van der Waals surface area contributed by atoms with E-state index in [1.54, 1.807) is 29.6 Å². The smallest absolute Gasteiger partial charge is 0.270 e. The van der Waals surface area contributed by atoms with Gasteiger partial charge in [-0.1, -0.05) is 13.8 Å². The highest BCUT2D eigenvalue weighted by Crippen LogP contribution is 2.30. The maximum absolute atomic E-state index is 14.7. The number of aliphatic hydroxyl groups excluding tert-OH is 1. The molecule has 4 atom stereocenters. The molecule has 0 spiro atoms. The third-order valence-electron chi connectivity index (χ3n) is 7.15. The molecule has 0 aliphatic carbocycles. The Morgan fingerprint density at radius 3 is 2.74 bits per heavy atom. The average Bonchev–Trinajstić information content (AvgIpc) is 3.28. The molecule has 4 N–H and O–H groups in total. The van der Waals surface area contributed by atoms with Gasteiger partial charge in [0.25, 0.3) is 5.91 Å². The van der Waals surface area contributed by atoms with Gasteiger partial charge in [0.15, 0.2) is 5.67 Å². The molecular formula is C26H32F2N8O2.